The van der Waals surface area contributed by atoms with E-state index < -0.39 is 29.2 Å². The van der Waals surface area contributed by atoms with Crippen LogP contribution < -0.4 is 14.8 Å². The molecule has 1 aliphatic heterocycles. The van der Waals surface area contributed by atoms with Crippen LogP contribution in [0.25, 0.3) is 0 Å². The van der Waals surface area contributed by atoms with Crippen molar-refractivity contribution in [1.29, 1.82) is 0 Å². The minimum atomic E-state index is -1.67. The van der Waals surface area contributed by atoms with Crippen LogP contribution in [0.4, 0.5) is 18.9 Å². The van der Waals surface area contributed by atoms with Gasteiger partial charge in [-0.1, -0.05) is 0 Å². The van der Waals surface area contributed by atoms with Gasteiger partial charge in [-0.3, -0.25) is 4.79 Å². The highest BCUT2D eigenvalue weighted by Gasteiger charge is 2.20. The molecule has 1 aromatic carbocycles. The minimum absolute atomic E-state index is 0.270. The van der Waals surface area contributed by atoms with E-state index in [1.807, 2.05) is 0 Å². The molecule has 2 aromatic rings. The maximum atomic E-state index is 13.5. The molecule has 0 saturated carbocycles. The van der Waals surface area contributed by atoms with Crippen LogP contribution in [0.15, 0.2) is 24.3 Å². The van der Waals surface area contributed by atoms with Crippen LogP contribution in [0.2, 0.25) is 0 Å². The first-order chi connectivity index (χ1) is 10.5. The Labute approximate surface area is 122 Å². The van der Waals surface area contributed by atoms with Gasteiger partial charge in [-0.15, -0.1) is 0 Å². The lowest BCUT2D eigenvalue weighted by molar-refractivity contribution is 0.102. The van der Waals surface area contributed by atoms with Gasteiger partial charge in [-0.2, -0.15) is 13.8 Å². The molecule has 0 radical (unpaired) electrons. The van der Waals surface area contributed by atoms with Gasteiger partial charge in [0.15, 0.2) is 17.3 Å². The van der Waals surface area contributed by atoms with E-state index in [-0.39, 0.29) is 5.69 Å². The van der Waals surface area contributed by atoms with E-state index >= 15 is 0 Å². The second-order valence-corrected chi connectivity index (χ2v) is 4.41. The second-order valence-electron chi connectivity index (χ2n) is 4.41. The lowest BCUT2D eigenvalue weighted by Gasteiger charge is -2.19. The highest BCUT2D eigenvalue weighted by molar-refractivity contribution is 6.04. The molecule has 3 rings (SSSR count). The normalized spacial score (nSPS) is 12.9. The Morgan fingerprint density at radius 2 is 1.82 bits per heavy atom. The van der Waals surface area contributed by atoms with Crippen LogP contribution in [0, 0.1) is 17.7 Å². The third-order valence-electron chi connectivity index (χ3n) is 2.93. The second kappa shape index (κ2) is 5.55. The van der Waals surface area contributed by atoms with Gasteiger partial charge in [0.05, 0.1) is 5.56 Å². The van der Waals surface area contributed by atoms with Crippen molar-refractivity contribution in [3.8, 4) is 11.5 Å². The zero-order valence-electron chi connectivity index (χ0n) is 11.0. The van der Waals surface area contributed by atoms with Gasteiger partial charge < -0.3 is 14.8 Å². The number of aromatic nitrogens is 1. The van der Waals surface area contributed by atoms with Crippen molar-refractivity contribution < 1.29 is 27.4 Å². The molecule has 0 aliphatic carbocycles. The molecule has 5 nitrogen and oxygen atoms in total. The summed E-state index contributed by atoms with van der Waals surface area (Å²) < 4.78 is 50.2. The van der Waals surface area contributed by atoms with Crippen LogP contribution in [-0.4, -0.2) is 24.1 Å². The molecular formula is C14H9F3N2O3. The molecule has 0 spiro atoms. The summed E-state index contributed by atoms with van der Waals surface area (Å²) in [7, 11) is 0. The molecular weight excluding hydrogens is 301 g/mol. The molecule has 0 saturated heterocycles. The third kappa shape index (κ3) is 2.67. The average Bonchev–Trinajstić information content (AvgIpc) is 2.50. The molecule has 1 amide bonds. The van der Waals surface area contributed by atoms with Gasteiger partial charge in [0.25, 0.3) is 11.9 Å². The average molecular weight is 310 g/mol. The number of rotatable bonds is 2. The van der Waals surface area contributed by atoms with Crippen molar-refractivity contribution in [3.05, 3.63) is 47.5 Å². The van der Waals surface area contributed by atoms with E-state index in [1.54, 1.807) is 6.07 Å². The Morgan fingerprint density at radius 3 is 2.59 bits per heavy atom. The Hall–Kier alpha value is -2.77. The van der Waals surface area contributed by atoms with E-state index in [0.29, 0.717) is 30.8 Å². The molecule has 0 bridgehead atoms. The predicted octanol–water partition coefficient (Wildman–Crippen LogP) is 2.52. The Morgan fingerprint density at radius 1 is 1.09 bits per heavy atom. The molecule has 1 N–H and O–H groups in total. The number of hydrogen-bond donors (Lipinski definition) is 1. The lowest BCUT2D eigenvalue weighted by atomic mass is 10.2. The number of pyridine rings is 1. The zero-order chi connectivity index (χ0) is 15.7. The van der Waals surface area contributed by atoms with Crippen LogP contribution in [0.5, 0.6) is 11.5 Å². The number of halogens is 3. The van der Waals surface area contributed by atoms with Gasteiger partial charge in [-0.05, 0) is 12.1 Å². The number of ether oxygens (including phenoxy) is 2. The van der Waals surface area contributed by atoms with E-state index in [4.69, 9.17) is 9.47 Å². The summed E-state index contributed by atoms with van der Waals surface area (Å²) in [5, 5.41) is 2.33. The largest absolute Gasteiger partial charge is 0.486 e. The molecule has 8 heteroatoms. The fraction of sp³-hybridized carbons (Fsp3) is 0.143. The first kappa shape index (κ1) is 14.2. The molecule has 0 atom stereocenters. The Balaban J connectivity index is 1.86. The maximum Gasteiger partial charge on any atom is 0.258 e. The number of anilines is 1. The first-order valence-electron chi connectivity index (χ1n) is 6.27. The molecule has 1 aromatic heterocycles. The fourth-order valence-corrected chi connectivity index (χ4v) is 1.95. The van der Waals surface area contributed by atoms with Crippen LogP contribution >= 0.6 is 0 Å². The highest BCUT2D eigenvalue weighted by atomic mass is 19.2. The first-order valence-corrected chi connectivity index (χ1v) is 6.27. The Bertz CT molecular complexity index is 752. The number of carbonyl (C=O) groups is 1. The third-order valence-corrected chi connectivity index (χ3v) is 2.93. The topological polar surface area (TPSA) is 60.5 Å². The summed E-state index contributed by atoms with van der Waals surface area (Å²) in [4.78, 5) is 14.6. The Kier molecular flexibility index (Phi) is 3.58. The van der Waals surface area contributed by atoms with Crippen LogP contribution in [0.1, 0.15) is 10.4 Å². The molecule has 0 fully saturated rings. The molecule has 114 valence electrons. The van der Waals surface area contributed by atoms with Gasteiger partial charge in [0, 0.05) is 17.8 Å². The summed E-state index contributed by atoms with van der Waals surface area (Å²) in [6.07, 6.45) is 0. The number of nitrogens with zero attached hydrogens (tertiary/aromatic N) is 1. The number of benzene rings is 1. The van der Waals surface area contributed by atoms with E-state index in [9.17, 15) is 18.0 Å². The van der Waals surface area contributed by atoms with Crippen molar-refractivity contribution in [2.45, 2.75) is 0 Å². The van der Waals surface area contributed by atoms with Gasteiger partial charge in [-0.25, -0.2) is 4.39 Å². The van der Waals surface area contributed by atoms with Crippen molar-refractivity contribution >= 4 is 11.6 Å². The van der Waals surface area contributed by atoms with Crippen molar-refractivity contribution in [2.24, 2.45) is 0 Å². The van der Waals surface area contributed by atoms with E-state index in [2.05, 4.69) is 10.3 Å². The number of nitrogens with one attached hydrogen (secondary N) is 1. The fourth-order valence-electron chi connectivity index (χ4n) is 1.95. The van der Waals surface area contributed by atoms with Gasteiger partial charge in [0.1, 0.15) is 13.2 Å². The zero-order valence-corrected chi connectivity index (χ0v) is 11.0. The van der Waals surface area contributed by atoms with Crippen molar-refractivity contribution in [3.63, 3.8) is 0 Å². The summed E-state index contributed by atoms with van der Waals surface area (Å²) in [5.74, 6) is -4.56. The van der Waals surface area contributed by atoms with E-state index in [1.165, 1.54) is 12.1 Å². The van der Waals surface area contributed by atoms with Crippen LogP contribution in [0.3, 0.4) is 0 Å². The molecule has 1 aliphatic rings. The summed E-state index contributed by atoms with van der Waals surface area (Å²) in [6, 6.07) is 5.05. The van der Waals surface area contributed by atoms with Crippen LogP contribution in [-0.2, 0) is 0 Å². The summed E-state index contributed by atoms with van der Waals surface area (Å²) in [6.45, 7) is 0.777. The minimum Gasteiger partial charge on any atom is -0.486 e. The predicted molar refractivity (Wildman–Crippen MR) is 69.5 cm³/mol. The molecule has 2 heterocycles. The number of fused-ring (bicyclic) bond motifs is 1. The SMILES string of the molecule is O=C(Nc1ccc2c(c1)OCCO2)c1cc(F)nc(F)c1F. The van der Waals surface area contributed by atoms with Gasteiger partial charge in [0.2, 0.25) is 5.95 Å². The van der Waals surface area contributed by atoms with Crippen molar-refractivity contribution in [1.82, 2.24) is 4.98 Å². The number of amides is 1. The maximum absolute atomic E-state index is 13.5. The monoisotopic (exact) mass is 310 g/mol. The number of carbonyl (C=O) groups excluding carboxylic acids is 1. The number of hydrogen-bond acceptors (Lipinski definition) is 4. The lowest BCUT2D eigenvalue weighted by Crippen LogP contribution is -2.18. The summed E-state index contributed by atoms with van der Waals surface area (Å²) >= 11 is 0. The molecule has 0 unspecified atom stereocenters. The standard InChI is InChI=1S/C14H9F3N2O3/c15-11-6-8(12(16)13(17)19-11)14(20)18-7-1-2-9-10(5-7)22-4-3-21-9/h1-2,5-6H,3-4H2,(H,18,20). The summed E-state index contributed by atoms with van der Waals surface area (Å²) in [5.41, 5.74) is -0.508. The highest BCUT2D eigenvalue weighted by Crippen LogP contribution is 2.32. The van der Waals surface area contributed by atoms with Gasteiger partial charge >= 0.3 is 0 Å². The van der Waals surface area contributed by atoms with Crippen molar-refractivity contribution in [2.75, 3.05) is 18.5 Å². The quantitative estimate of drug-likeness (QED) is 0.866. The molecule has 22 heavy (non-hydrogen) atoms. The van der Waals surface area contributed by atoms with E-state index in [0.717, 1.165) is 0 Å². The smallest absolute Gasteiger partial charge is 0.258 e.